The summed E-state index contributed by atoms with van der Waals surface area (Å²) in [4.78, 5) is 22.1. The molecule has 0 aliphatic rings. The first-order valence-electron chi connectivity index (χ1n) is 5.69. The highest BCUT2D eigenvalue weighted by Crippen LogP contribution is 2.24. The number of non-ortho nitro benzene ring substituents is 1. The Morgan fingerprint density at radius 1 is 1.35 bits per heavy atom. The molecule has 0 aliphatic heterocycles. The van der Waals surface area contributed by atoms with Crippen molar-refractivity contribution in [3.8, 4) is 5.75 Å². The summed E-state index contributed by atoms with van der Waals surface area (Å²) in [5.41, 5.74) is 0.0501. The molecule has 8 heteroatoms. The van der Waals surface area contributed by atoms with Crippen molar-refractivity contribution in [2.75, 3.05) is 27.9 Å². The molecule has 1 aromatic rings. The molecule has 0 heterocycles. The molecule has 8 nitrogen and oxygen atoms in total. The molecule has 1 aromatic carbocycles. The zero-order chi connectivity index (χ0) is 15.1. The molecule has 0 spiro atoms. The van der Waals surface area contributed by atoms with E-state index in [-0.39, 0.29) is 23.5 Å². The van der Waals surface area contributed by atoms with Gasteiger partial charge in [0, 0.05) is 20.3 Å². The molecule has 1 N–H and O–H groups in total. The van der Waals surface area contributed by atoms with E-state index in [1.807, 2.05) is 0 Å². The molecule has 1 amide bonds. The van der Waals surface area contributed by atoms with Crippen LogP contribution in [0.2, 0.25) is 0 Å². The zero-order valence-corrected chi connectivity index (χ0v) is 11.4. The monoisotopic (exact) mass is 284 g/mol. The molecule has 0 radical (unpaired) electrons. The molecule has 20 heavy (non-hydrogen) atoms. The van der Waals surface area contributed by atoms with Crippen LogP contribution in [0.5, 0.6) is 5.75 Å². The summed E-state index contributed by atoms with van der Waals surface area (Å²) in [6.07, 6.45) is -0.567. The van der Waals surface area contributed by atoms with Crippen LogP contribution in [0.25, 0.3) is 0 Å². The van der Waals surface area contributed by atoms with Crippen molar-refractivity contribution in [3.63, 3.8) is 0 Å². The molecule has 0 bridgehead atoms. The SMILES string of the molecule is COc1cc([N+](=O)[O-])ccc1C(=O)NCC(OC)OC. The van der Waals surface area contributed by atoms with Crippen LogP contribution in [0, 0.1) is 10.1 Å². The van der Waals surface area contributed by atoms with Crippen LogP contribution in [0.4, 0.5) is 5.69 Å². The smallest absolute Gasteiger partial charge is 0.273 e. The number of nitro benzene ring substituents is 1. The van der Waals surface area contributed by atoms with E-state index >= 15 is 0 Å². The van der Waals surface area contributed by atoms with Gasteiger partial charge in [-0.25, -0.2) is 0 Å². The van der Waals surface area contributed by atoms with Crippen LogP contribution >= 0.6 is 0 Å². The van der Waals surface area contributed by atoms with Crippen molar-refractivity contribution in [2.45, 2.75) is 6.29 Å². The van der Waals surface area contributed by atoms with Gasteiger partial charge in [0.2, 0.25) is 0 Å². The minimum atomic E-state index is -0.567. The summed E-state index contributed by atoms with van der Waals surface area (Å²) in [5.74, 6) is -0.307. The average molecular weight is 284 g/mol. The summed E-state index contributed by atoms with van der Waals surface area (Å²) in [5, 5.41) is 13.2. The molecular formula is C12H16N2O6. The Bertz CT molecular complexity index is 487. The fourth-order valence-corrected chi connectivity index (χ4v) is 1.52. The second-order valence-corrected chi connectivity index (χ2v) is 3.75. The van der Waals surface area contributed by atoms with Gasteiger partial charge < -0.3 is 19.5 Å². The molecule has 0 unspecified atom stereocenters. The third-order valence-corrected chi connectivity index (χ3v) is 2.60. The molecule has 0 fully saturated rings. The van der Waals surface area contributed by atoms with Crippen molar-refractivity contribution >= 4 is 11.6 Å². The zero-order valence-electron chi connectivity index (χ0n) is 11.4. The molecule has 0 aromatic heterocycles. The van der Waals surface area contributed by atoms with E-state index in [9.17, 15) is 14.9 Å². The van der Waals surface area contributed by atoms with Crippen LogP contribution in [0.1, 0.15) is 10.4 Å². The molecular weight excluding hydrogens is 268 g/mol. The number of carbonyl (C=O) groups is 1. The number of rotatable bonds is 7. The lowest BCUT2D eigenvalue weighted by Crippen LogP contribution is -2.34. The number of amides is 1. The highest BCUT2D eigenvalue weighted by atomic mass is 16.7. The number of nitrogens with zero attached hydrogens (tertiary/aromatic N) is 1. The maximum Gasteiger partial charge on any atom is 0.273 e. The number of methoxy groups -OCH3 is 3. The summed E-state index contributed by atoms with van der Waals surface area (Å²) < 4.78 is 14.9. The molecule has 110 valence electrons. The maximum absolute atomic E-state index is 12.0. The first-order chi connectivity index (χ1) is 9.53. The van der Waals surface area contributed by atoms with E-state index in [2.05, 4.69) is 5.32 Å². The lowest BCUT2D eigenvalue weighted by atomic mass is 10.1. The van der Waals surface area contributed by atoms with Crippen molar-refractivity contribution in [3.05, 3.63) is 33.9 Å². The lowest BCUT2D eigenvalue weighted by molar-refractivity contribution is -0.384. The van der Waals surface area contributed by atoms with Gasteiger partial charge in [0.25, 0.3) is 11.6 Å². The highest BCUT2D eigenvalue weighted by molar-refractivity contribution is 5.97. The highest BCUT2D eigenvalue weighted by Gasteiger charge is 2.17. The van der Waals surface area contributed by atoms with Crippen LogP contribution in [0.15, 0.2) is 18.2 Å². The van der Waals surface area contributed by atoms with E-state index in [4.69, 9.17) is 14.2 Å². The Morgan fingerprint density at radius 3 is 2.50 bits per heavy atom. The predicted octanol–water partition coefficient (Wildman–Crippen LogP) is 0.952. The number of carbonyl (C=O) groups excluding carboxylic acids is 1. The van der Waals surface area contributed by atoms with Gasteiger partial charge in [-0.15, -0.1) is 0 Å². The number of nitro groups is 1. The van der Waals surface area contributed by atoms with E-state index in [1.54, 1.807) is 0 Å². The predicted molar refractivity (Wildman–Crippen MR) is 69.8 cm³/mol. The van der Waals surface area contributed by atoms with E-state index < -0.39 is 17.1 Å². The minimum Gasteiger partial charge on any atom is -0.496 e. The van der Waals surface area contributed by atoms with Crippen LogP contribution in [-0.4, -0.2) is 45.0 Å². The lowest BCUT2D eigenvalue weighted by Gasteiger charge is -2.14. The van der Waals surface area contributed by atoms with Gasteiger partial charge in [-0.3, -0.25) is 14.9 Å². The molecule has 1 rings (SSSR count). The molecule has 0 saturated heterocycles. The van der Waals surface area contributed by atoms with Crippen molar-refractivity contribution in [2.24, 2.45) is 0 Å². The molecule has 0 atom stereocenters. The minimum absolute atomic E-state index is 0.128. The van der Waals surface area contributed by atoms with Gasteiger partial charge in [-0.1, -0.05) is 0 Å². The van der Waals surface area contributed by atoms with Crippen LogP contribution in [0.3, 0.4) is 0 Å². The van der Waals surface area contributed by atoms with Gasteiger partial charge in [-0.05, 0) is 6.07 Å². The Balaban J connectivity index is 2.84. The fraction of sp³-hybridized carbons (Fsp3) is 0.417. The van der Waals surface area contributed by atoms with E-state index in [1.165, 1.54) is 39.5 Å². The van der Waals surface area contributed by atoms with Gasteiger partial charge in [-0.2, -0.15) is 0 Å². The fourth-order valence-electron chi connectivity index (χ4n) is 1.52. The van der Waals surface area contributed by atoms with Gasteiger partial charge >= 0.3 is 0 Å². The third-order valence-electron chi connectivity index (χ3n) is 2.60. The number of nitrogens with one attached hydrogen (secondary N) is 1. The standard InChI is InChI=1S/C12H16N2O6/c1-18-10-6-8(14(16)17)4-5-9(10)12(15)13-7-11(19-2)20-3/h4-6,11H,7H2,1-3H3,(H,13,15). The van der Waals surface area contributed by atoms with Crippen molar-refractivity contribution in [1.29, 1.82) is 0 Å². The van der Waals surface area contributed by atoms with Gasteiger partial charge in [0.15, 0.2) is 6.29 Å². The largest absolute Gasteiger partial charge is 0.496 e. The van der Waals surface area contributed by atoms with Crippen molar-refractivity contribution < 1.29 is 23.9 Å². The number of hydrogen-bond acceptors (Lipinski definition) is 6. The summed E-state index contributed by atoms with van der Waals surface area (Å²) in [7, 11) is 4.24. The van der Waals surface area contributed by atoms with Crippen LogP contribution in [-0.2, 0) is 9.47 Å². The number of hydrogen-bond donors (Lipinski definition) is 1. The Hall–Kier alpha value is -2.19. The average Bonchev–Trinajstić information content (AvgIpc) is 2.47. The van der Waals surface area contributed by atoms with Gasteiger partial charge in [0.1, 0.15) is 5.75 Å². The second kappa shape index (κ2) is 7.41. The molecule has 0 aliphatic carbocycles. The summed E-state index contributed by atoms with van der Waals surface area (Å²) >= 11 is 0. The van der Waals surface area contributed by atoms with Gasteiger partial charge in [0.05, 0.1) is 30.2 Å². The first-order valence-corrected chi connectivity index (χ1v) is 5.69. The molecule has 0 saturated carbocycles. The Morgan fingerprint density at radius 2 is 2.00 bits per heavy atom. The first kappa shape index (κ1) is 15.9. The third kappa shape index (κ3) is 3.90. The topological polar surface area (TPSA) is 99.9 Å². The Labute approximate surface area is 115 Å². The number of ether oxygens (including phenoxy) is 3. The maximum atomic E-state index is 12.0. The Kier molecular flexibility index (Phi) is 5.88. The normalized spacial score (nSPS) is 10.4. The van der Waals surface area contributed by atoms with E-state index in [0.717, 1.165) is 0 Å². The summed E-state index contributed by atoms with van der Waals surface area (Å²) in [6.45, 7) is 0.145. The summed E-state index contributed by atoms with van der Waals surface area (Å²) in [6, 6.07) is 3.77. The van der Waals surface area contributed by atoms with E-state index in [0.29, 0.717) is 0 Å². The van der Waals surface area contributed by atoms with Crippen molar-refractivity contribution in [1.82, 2.24) is 5.32 Å². The number of benzene rings is 1. The van der Waals surface area contributed by atoms with Crippen LogP contribution < -0.4 is 10.1 Å². The second-order valence-electron chi connectivity index (χ2n) is 3.75. The quantitative estimate of drug-likeness (QED) is 0.454.